The minimum atomic E-state index is -1.03. The average Bonchev–Trinajstić information content (AvgIpc) is 2.28. The summed E-state index contributed by atoms with van der Waals surface area (Å²) in [6.07, 6.45) is 1.79. The Labute approximate surface area is 115 Å². The second kappa shape index (κ2) is 5.12. The monoisotopic (exact) mass is 270 g/mol. The summed E-state index contributed by atoms with van der Waals surface area (Å²) in [5, 5.41) is 15.5. The third-order valence-corrected chi connectivity index (χ3v) is 4.67. The Morgan fingerprint density at radius 1 is 1.26 bits per heavy atom. The minimum Gasteiger partial charge on any atom is -0.481 e. The van der Waals surface area contributed by atoms with Crippen LogP contribution in [0.25, 0.3) is 0 Å². The molecular formula is C14H26N2O3. The summed E-state index contributed by atoms with van der Waals surface area (Å²) in [5.74, 6) is -0.983. The van der Waals surface area contributed by atoms with Gasteiger partial charge in [0.2, 0.25) is 5.91 Å². The largest absolute Gasteiger partial charge is 0.481 e. The van der Waals surface area contributed by atoms with Crippen molar-refractivity contribution in [2.24, 2.45) is 10.8 Å². The molecule has 1 rings (SSSR count). The van der Waals surface area contributed by atoms with Gasteiger partial charge in [-0.3, -0.25) is 9.59 Å². The highest BCUT2D eigenvalue weighted by Crippen LogP contribution is 2.33. The van der Waals surface area contributed by atoms with Crippen molar-refractivity contribution in [1.29, 1.82) is 0 Å². The number of carbonyl (C=O) groups is 2. The topological polar surface area (TPSA) is 78.4 Å². The van der Waals surface area contributed by atoms with Crippen LogP contribution in [-0.2, 0) is 9.59 Å². The first-order chi connectivity index (χ1) is 8.53. The van der Waals surface area contributed by atoms with E-state index in [1.54, 1.807) is 27.7 Å². The lowest BCUT2D eigenvalue weighted by Crippen LogP contribution is -2.61. The van der Waals surface area contributed by atoms with Crippen LogP contribution in [0.3, 0.4) is 0 Å². The number of aliphatic carboxylic acids is 1. The van der Waals surface area contributed by atoms with E-state index in [0.29, 0.717) is 6.54 Å². The van der Waals surface area contributed by atoms with Crippen molar-refractivity contribution in [1.82, 2.24) is 10.6 Å². The summed E-state index contributed by atoms with van der Waals surface area (Å²) in [7, 11) is 0. The van der Waals surface area contributed by atoms with Crippen LogP contribution in [-0.4, -0.2) is 35.6 Å². The number of hydrogen-bond donors (Lipinski definition) is 3. The van der Waals surface area contributed by atoms with E-state index in [9.17, 15) is 14.7 Å². The van der Waals surface area contributed by atoms with Gasteiger partial charge in [0.15, 0.2) is 0 Å². The van der Waals surface area contributed by atoms with Gasteiger partial charge in [-0.1, -0.05) is 0 Å². The van der Waals surface area contributed by atoms with Crippen LogP contribution >= 0.6 is 0 Å². The van der Waals surface area contributed by atoms with Crippen molar-refractivity contribution in [3.8, 4) is 0 Å². The maximum atomic E-state index is 12.5. The number of carbonyl (C=O) groups excluding carboxylic acids is 1. The molecule has 0 aromatic heterocycles. The van der Waals surface area contributed by atoms with Crippen molar-refractivity contribution in [3.63, 3.8) is 0 Å². The Balaban J connectivity index is 2.83. The third kappa shape index (κ3) is 3.08. The predicted octanol–water partition coefficient (Wildman–Crippen LogP) is 1.38. The van der Waals surface area contributed by atoms with Crippen molar-refractivity contribution in [3.05, 3.63) is 0 Å². The van der Waals surface area contributed by atoms with E-state index in [-0.39, 0.29) is 5.91 Å². The summed E-state index contributed by atoms with van der Waals surface area (Å²) in [4.78, 5) is 23.8. The zero-order valence-corrected chi connectivity index (χ0v) is 12.6. The van der Waals surface area contributed by atoms with E-state index in [4.69, 9.17) is 0 Å². The van der Waals surface area contributed by atoms with E-state index in [1.807, 2.05) is 6.92 Å². The van der Waals surface area contributed by atoms with E-state index >= 15 is 0 Å². The normalized spacial score (nSPS) is 24.9. The van der Waals surface area contributed by atoms with Gasteiger partial charge in [-0.2, -0.15) is 0 Å². The molecule has 5 heteroatoms. The smallest absolute Gasteiger partial charge is 0.311 e. The molecular weight excluding hydrogens is 244 g/mol. The van der Waals surface area contributed by atoms with Gasteiger partial charge < -0.3 is 15.7 Å². The number of rotatable bonds is 4. The molecule has 1 heterocycles. The fourth-order valence-electron chi connectivity index (χ4n) is 2.11. The molecule has 1 aliphatic rings. The quantitative estimate of drug-likeness (QED) is 0.721. The SMILES string of the molecule is CC1(C(=O)NC(C)(C)C(C)(C)C(=O)O)CCCNC1. The number of amides is 1. The number of nitrogens with one attached hydrogen (secondary N) is 2. The zero-order chi connectivity index (χ0) is 14.9. The molecule has 0 aliphatic carbocycles. The van der Waals surface area contributed by atoms with E-state index in [2.05, 4.69) is 10.6 Å². The summed E-state index contributed by atoms with van der Waals surface area (Å²) >= 11 is 0. The standard InChI is InChI=1S/C14H26N2O3/c1-12(2,11(18)19)13(3,4)16-10(17)14(5)7-6-8-15-9-14/h15H,6-9H2,1-5H3,(H,16,17)(H,18,19). The lowest BCUT2D eigenvalue weighted by molar-refractivity contribution is -0.152. The van der Waals surface area contributed by atoms with Crippen LogP contribution in [0.4, 0.5) is 0 Å². The molecule has 19 heavy (non-hydrogen) atoms. The first kappa shape index (κ1) is 16.0. The molecule has 0 aromatic carbocycles. The fourth-order valence-corrected chi connectivity index (χ4v) is 2.11. The lowest BCUT2D eigenvalue weighted by Gasteiger charge is -2.42. The van der Waals surface area contributed by atoms with Crippen LogP contribution < -0.4 is 10.6 Å². The zero-order valence-electron chi connectivity index (χ0n) is 12.6. The molecule has 1 amide bonds. The molecule has 0 aromatic rings. The van der Waals surface area contributed by atoms with Gasteiger partial charge in [-0.25, -0.2) is 0 Å². The van der Waals surface area contributed by atoms with E-state index in [0.717, 1.165) is 19.4 Å². The molecule has 3 N–H and O–H groups in total. The summed E-state index contributed by atoms with van der Waals surface area (Å²) < 4.78 is 0. The molecule has 0 bridgehead atoms. The number of hydrogen-bond acceptors (Lipinski definition) is 3. The predicted molar refractivity (Wildman–Crippen MR) is 73.8 cm³/mol. The van der Waals surface area contributed by atoms with Crippen LogP contribution in [0.2, 0.25) is 0 Å². The summed E-state index contributed by atoms with van der Waals surface area (Å²) in [6, 6.07) is 0. The summed E-state index contributed by atoms with van der Waals surface area (Å²) in [6.45, 7) is 10.3. The van der Waals surface area contributed by atoms with Crippen molar-refractivity contribution < 1.29 is 14.7 Å². The Kier molecular flexibility index (Phi) is 4.30. The summed E-state index contributed by atoms with van der Waals surface area (Å²) in [5.41, 5.74) is -2.29. The molecule has 0 radical (unpaired) electrons. The first-order valence-corrected chi connectivity index (χ1v) is 6.80. The van der Waals surface area contributed by atoms with E-state index < -0.39 is 22.3 Å². The maximum absolute atomic E-state index is 12.5. The second-order valence-electron chi connectivity index (χ2n) is 6.85. The van der Waals surface area contributed by atoms with Crippen molar-refractivity contribution in [2.45, 2.75) is 53.0 Å². The molecule has 1 aliphatic heterocycles. The maximum Gasteiger partial charge on any atom is 0.311 e. The highest BCUT2D eigenvalue weighted by atomic mass is 16.4. The number of piperidine rings is 1. The molecule has 0 saturated carbocycles. The number of carboxylic acid groups (broad SMARTS) is 1. The van der Waals surface area contributed by atoms with Gasteiger partial charge in [0.1, 0.15) is 0 Å². The third-order valence-electron chi connectivity index (χ3n) is 4.67. The van der Waals surface area contributed by atoms with Gasteiger partial charge >= 0.3 is 5.97 Å². The van der Waals surface area contributed by atoms with Crippen LogP contribution in [0, 0.1) is 10.8 Å². The number of carboxylic acids is 1. The van der Waals surface area contributed by atoms with Crippen LogP contribution in [0.5, 0.6) is 0 Å². The molecule has 1 fully saturated rings. The van der Waals surface area contributed by atoms with E-state index in [1.165, 1.54) is 0 Å². The van der Waals surface area contributed by atoms with Gasteiger partial charge in [-0.15, -0.1) is 0 Å². The Morgan fingerprint density at radius 2 is 1.84 bits per heavy atom. The Hall–Kier alpha value is -1.10. The second-order valence-corrected chi connectivity index (χ2v) is 6.85. The van der Waals surface area contributed by atoms with Crippen molar-refractivity contribution >= 4 is 11.9 Å². The van der Waals surface area contributed by atoms with Gasteiger partial charge in [-0.05, 0) is 54.0 Å². The molecule has 5 nitrogen and oxygen atoms in total. The molecule has 1 atom stereocenters. The van der Waals surface area contributed by atoms with Gasteiger partial charge in [0.25, 0.3) is 0 Å². The molecule has 1 saturated heterocycles. The van der Waals surface area contributed by atoms with Crippen LogP contribution in [0.15, 0.2) is 0 Å². The average molecular weight is 270 g/mol. The first-order valence-electron chi connectivity index (χ1n) is 6.80. The highest BCUT2D eigenvalue weighted by Gasteiger charge is 2.47. The Bertz CT molecular complexity index is 369. The lowest BCUT2D eigenvalue weighted by atomic mass is 9.73. The molecule has 1 unspecified atom stereocenters. The van der Waals surface area contributed by atoms with Gasteiger partial charge in [0.05, 0.1) is 10.8 Å². The molecule has 110 valence electrons. The minimum absolute atomic E-state index is 0.0703. The van der Waals surface area contributed by atoms with Crippen molar-refractivity contribution in [2.75, 3.05) is 13.1 Å². The Morgan fingerprint density at radius 3 is 2.26 bits per heavy atom. The molecule has 0 spiro atoms. The fraction of sp³-hybridized carbons (Fsp3) is 0.857. The highest BCUT2D eigenvalue weighted by molar-refractivity contribution is 5.85. The van der Waals surface area contributed by atoms with Gasteiger partial charge in [0, 0.05) is 12.1 Å². The van der Waals surface area contributed by atoms with Crippen LogP contribution in [0.1, 0.15) is 47.5 Å².